The number of nitrogens with one attached hydrogen (secondary N) is 2. The van der Waals surface area contributed by atoms with E-state index in [9.17, 15) is 9.59 Å². The van der Waals surface area contributed by atoms with Crippen LogP contribution < -0.4 is 10.6 Å². The number of carbonyl (C=O) groups is 2. The maximum absolute atomic E-state index is 11.5. The summed E-state index contributed by atoms with van der Waals surface area (Å²) in [7, 11) is 1.29. The molecule has 100 valence electrons. The Morgan fingerprint density at radius 3 is 2.53 bits per heavy atom. The zero-order valence-electron chi connectivity index (χ0n) is 10.4. The zero-order valence-corrected chi connectivity index (χ0v) is 11.2. The van der Waals surface area contributed by atoms with Gasteiger partial charge in [-0.25, -0.2) is 9.59 Å². The lowest BCUT2D eigenvalue weighted by Gasteiger charge is -2.17. The molecule has 3 N–H and O–H groups in total. The van der Waals surface area contributed by atoms with Crippen LogP contribution in [0.1, 0.15) is 13.3 Å². The average Bonchev–Trinajstić information content (AvgIpc) is 2.28. The smallest absolute Gasteiger partial charge is 0.334 e. The predicted molar refractivity (Wildman–Crippen MR) is 67.4 cm³/mol. The monoisotopic (exact) mass is 264 g/mol. The Hall–Kier alpha value is -0.950. The van der Waals surface area contributed by atoms with Crippen molar-refractivity contribution in [2.24, 2.45) is 0 Å². The van der Waals surface area contributed by atoms with E-state index in [1.807, 2.05) is 13.2 Å². The molecule has 7 heteroatoms. The summed E-state index contributed by atoms with van der Waals surface area (Å²) in [5, 5.41) is 13.9. The first-order valence-corrected chi connectivity index (χ1v) is 6.73. The minimum Gasteiger partial charge on any atom is -0.479 e. The van der Waals surface area contributed by atoms with E-state index in [0.717, 1.165) is 12.2 Å². The lowest BCUT2D eigenvalue weighted by molar-refractivity contribution is -0.147. The second-order valence-electron chi connectivity index (χ2n) is 3.48. The van der Waals surface area contributed by atoms with Crippen molar-refractivity contribution in [2.75, 3.05) is 25.7 Å². The maximum Gasteiger partial charge on any atom is 0.334 e. The van der Waals surface area contributed by atoms with Gasteiger partial charge in [0.25, 0.3) is 0 Å². The normalized spacial score (nSPS) is 13.8. The van der Waals surface area contributed by atoms with Crippen molar-refractivity contribution in [3.05, 3.63) is 0 Å². The number of carboxylic acid groups (broad SMARTS) is 1. The molecule has 17 heavy (non-hydrogen) atoms. The fourth-order valence-corrected chi connectivity index (χ4v) is 1.88. The summed E-state index contributed by atoms with van der Waals surface area (Å²) in [6.45, 7) is 1.93. The van der Waals surface area contributed by atoms with Gasteiger partial charge in [0.1, 0.15) is 0 Å². The van der Waals surface area contributed by atoms with E-state index >= 15 is 0 Å². The van der Waals surface area contributed by atoms with Gasteiger partial charge in [-0.2, -0.15) is 11.8 Å². The summed E-state index contributed by atoms with van der Waals surface area (Å²) in [4.78, 5) is 22.1. The standard InChI is InChI=1S/C10H20N2O4S/c1-4-7(6-17-3)12-10(15)11-5-8(16-2)9(13)14/h7-8H,4-6H2,1-3H3,(H,13,14)(H2,11,12,15). The Balaban J connectivity index is 3.96. The highest BCUT2D eigenvalue weighted by atomic mass is 32.2. The molecule has 0 aromatic rings. The van der Waals surface area contributed by atoms with Crippen LogP contribution in [0.3, 0.4) is 0 Å². The summed E-state index contributed by atoms with van der Waals surface area (Å²) in [6, 6.07) is -0.273. The van der Waals surface area contributed by atoms with E-state index in [1.165, 1.54) is 7.11 Å². The fraction of sp³-hybridized carbons (Fsp3) is 0.800. The van der Waals surface area contributed by atoms with Crippen molar-refractivity contribution in [3.8, 4) is 0 Å². The fourth-order valence-electron chi connectivity index (χ4n) is 1.16. The minimum absolute atomic E-state index is 0.0482. The number of amides is 2. The molecule has 0 aliphatic rings. The molecule has 2 amide bonds. The first-order chi connectivity index (χ1) is 8.04. The number of hydrogen-bond donors (Lipinski definition) is 3. The molecule has 6 nitrogen and oxygen atoms in total. The van der Waals surface area contributed by atoms with Gasteiger partial charge >= 0.3 is 12.0 Å². The van der Waals surface area contributed by atoms with Gasteiger partial charge in [0.15, 0.2) is 6.10 Å². The molecule has 0 aromatic carbocycles. The molecular formula is C10H20N2O4S. The third-order valence-electron chi connectivity index (χ3n) is 2.20. The van der Waals surface area contributed by atoms with Crippen molar-refractivity contribution in [2.45, 2.75) is 25.5 Å². The summed E-state index contributed by atoms with van der Waals surface area (Å²) in [6.07, 6.45) is 1.79. The quantitative estimate of drug-likeness (QED) is 0.595. The van der Waals surface area contributed by atoms with E-state index in [-0.39, 0.29) is 18.6 Å². The van der Waals surface area contributed by atoms with E-state index in [2.05, 4.69) is 10.6 Å². The Kier molecular flexibility index (Phi) is 8.61. The molecule has 0 bridgehead atoms. The highest BCUT2D eigenvalue weighted by Gasteiger charge is 2.17. The van der Waals surface area contributed by atoms with E-state index in [0.29, 0.717) is 0 Å². The molecule has 0 aromatic heterocycles. The largest absolute Gasteiger partial charge is 0.479 e. The van der Waals surface area contributed by atoms with Gasteiger partial charge in [-0.1, -0.05) is 6.92 Å². The second kappa shape index (κ2) is 9.12. The molecule has 0 rings (SSSR count). The molecule has 0 saturated heterocycles. The second-order valence-corrected chi connectivity index (χ2v) is 4.39. The van der Waals surface area contributed by atoms with Crippen molar-refractivity contribution in [1.82, 2.24) is 10.6 Å². The highest BCUT2D eigenvalue weighted by molar-refractivity contribution is 7.98. The van der Waals surface area contributed by atoms with Crippen molar-refractivity contribution in [3.63, 3.8) is 0 Å². The summed E-state index contributed by atoms with van der Waals surface area (Å²) < 4.78 is 4.69. The molecular weight excluding hydrogens is 244 g/mol. The topological polar surface area (TPSA) is 87.7 Å². The van der Waals surface area contributed by atoms with Crippen LogP contribution in [0.4, 0.5) is 4.79 Å². The van der Waals surface area contributed by atoms with Crippen molar-refractivity contribution in [1.29, 1.82) is 0 Å². The Morgan fingerprint density at radius 1 is 1.47 bits per heavy atom. The zero-order chi connectivity index (χ0) is 13.3. The number of thioether (sulfide) groups is 1. The Bertz CT molecular complexity index is 250. The van der Waals surface area contributed by atoms with Gasteiger partial charge in [0.2, 0.25) is 0 Å². The number of urea groups is 1. The minimum atomic E-state index is -1.09. The number of carbonyl (C=O) groups excluding carboxylic acids is 1. The van der Waals surface area contributed by atoms with E-state index < -0.39 is 12.1 Å². The van der Waals surface area contributed by atoms with Gasteiger partial charge in [-0.05, 0) is 12.7 Å². The van der Waals surface area contributed by atoms with Gasteiger partial charge in [0.05, 0.1) is 6.54 Å². The maximum atomic E-state index is 11.5. The summed E-state index contributed by atoms with van der Waals surface area (Å²) in [5.74, 6) is -0.264. The molecule has 0 aliphatic carbocycles. The Labute approximate surface area is 105 Å². The number of methoxy groups -OCH3 is 1. The van der Waals surface area contributed by atoms with Crippen LogP contribution in [0.15, 0.2) is 0 Å². The number of carboxylic acids is 1. The third kappa shape index (κ3) is 7.06. The molecule has 0 spiro atoms. The lowest BCUT2D eigenvalue weighted by atomic mass is 10.3. The molecule has 0 radical (unpaired) electrons. The first-order valence-electron chi connectivity index (χ1n) is 5.34. The van der Waals surface area contributed by atoms with E-state index in [4.69, 9.17) is 9.84 Å². The van der Waals surface area contributed by atoms with Gasteiger partial charge < -0.3 is 20.5 Å². The van der Waals surface area contributed by atoms with Crippen LogP contribution in [-0.4, -0.2) is 54.9 Å². The number of hydrogen-bond acceptors (Lipinski definition) is 4. The average molecular weight is 264 g/mol. The van der Waals surface area contributed by atoms with Crippen LogP contribution in [0.25, 0.3) is 0 Å². The van der Waals surface area contributed by atoms with Crippen LogP contribution >= 0.6 is 11.8 Å². The van der Waals surface area contributed by atoms with Crippen LogP contribution in [0, 0.1) is 0 Å². The van der Waals surface area contributed by atoms with Crippen molar-refractivity contribution >= 4 is 23.8 Å². The summed E-state index contributed by atoms with van der Waals surface area (Å²) in [5.41, 5.74) is 0. The molecule has 0 saturated carbocycles. The third-order valence-corrected chi connectivity index (χ3v) is 2.94. The molecule has 0 heterocycles. The number of ether oxygens (including phenoxy) is 1. The SMILES string of the molecule is CCC(CSC)NC(=O)NCC(OC)C(=O)O. The molecule has 0 fully saturated rings. The van der Waals surface area contributed by atoms with Crippen LogP contribution in [0.2, 0.25) is 0 Å². The van der Waals surface area contributed by atoms with Gasteiger partial charge in [-0.3, -0.25) is 0 Å². The van der Waals surface area contributed by atoms with Gasteiger partial charge in [0, 0.05) is 18.9 Å². The molecule has 2 atom stereocenters. The molecule has 0 aliphatic heterocycles. The van der Waals surface area contributed by atoms with E-state index in [1.54, 1.807) is 11.8 Å². The lowest BCUT2D eigenvalue weighted by Crippen LogP contribution is -2.46. The molecule has 2 unspecified atom stereocenters. The number of rotatable bonds is 8. The first kappa shape index (κ1) is 16.1. The summed E-state index contributed by atoms with van der Waals surface area (Å²) >= 11 is 1.65. The van der Waals surface area contributed by atoms with Crippen molar-refractivity contribution < 1.29 is 19.4 Å². The van der Waals surface area contributed by atoms with Crippen LogP contribution in [0.5, 0.6) is 0 Å². The Morgan fingerprint density at radius 2 is 2.12 bits per heavy atom. The predicted octanol–water partition coefficient (Wildman–Crippen LogP) is 0.527. The highest BCUT2D eigenvalue weighted by Crippen LogP contribution is 2.00. The number of aliphatic carboxylic acids is 1. The van der Waals surface area contributed by atoms with Crippen LogP contribution in [-0.2, 0) is 9.53 Å². The van der Waals surface area contributed by atoms with Gasteiger partial charge in [-0.15, -0.1) is 0 Å².